The molecule has 0 radical (unpaired) electrons. The molecule has 1 aliphatic heterocycles. The molecule has 25 heavy (non-hydrogen) atoms. The van der Waals surface area contributed by atoms with Gasteiger partial charge in [0.2, 0.25) is 11.8 Å². The molecule has 1 N–H and O–H groups in total. The fraction of sp³-hybridized carbons (Fsp3) is 0.600. The monoisotopic (exact) mass is 343 g/mol. The first kappa shape index (κ1) is 17.9. The quantitative estimate of drug-likeness (QED) is 0.890. The largest absolute Gasteiger partial charge is 0.344 e. The highest BCUT2D eigenvalue weighted by molar-refractivity contribution is 5.88. The molecule has 1 saturated carbocycles. The van der Waals surface area contributed by atoms with E-state index in [4.69, 9.17) is 0 Å². The van der Waals surface area contributed by atoms with Crippen LogP contribution in [0.5, 0.6) is 0 Å². The number of hydrogen-bond acceptors (Lipinski definition) is 3. The Morgan fingerprint density at radius 2 is 1.92 bits per heavy atom. The minimum atomic E-state index is -0.434. The lowest BCUT2D eigenvalue weighted by Gasteiger charge is -2.41. The normalized spacial score (nSPS) is 23.0. The molecule has 136 valence electrons. The van der Waals surface area contributed by atoms with Crippen molar-refractivity contribution in [2.75, 3.05) is 19.6 Å². The molecule has 0 bridgehead atoms. The second kappa shape index (κ2) is 8.00. The summed E-state index contributed by atoms with van der Waals surface area (Å²) in [5.74, 6) is 0.206. The van der Waals surface area contributed by atoms with Gasteiger partial charge >= 0.3 is 0 Å². The van der Waals surface area contributed by atoms with E-state index in [1.165, 1.54) is 5.56 Å². The number of benzene rings is 1. The first-order valence-corrected chi connectivity index (χ1v) is 9.41. The minimum Gasteiger partial charge on any atom is -0.344 e. The van der Waals surface area contributed by atoms with Crippen molar-refractivity contribution in [3.05, 3.63) is 35.9 Å². The molecule has 3 rings (SSSR count). The maximum Gasteiger partial charge on any atom is 0.245 e. The Hall–Kier alpha value is -1.88. The van der Waals surface area contributed by atoms with Gasteiger partial charge in [-0.05, 0) is 32.3 Å². The summed E-state index contributed by atoms with van der Waals surface area (Å²) in [6, 6.07) is 10.2. The zero-order valence-electron chi connectivity index (χ0n) is 15.3. The van der Waals surface area contributed by atoms with Crippen molar-refractivity contribution in [1.29, 1.82) is 0 Å². The van der Waals surface area contributed by atoms with Crippen LogP contribution >= 0.6 is 0 Å². The van der Waals surface area contributed by atoms with Crippen LogP contribution in [-0.4, -0.2) is 53.3 Å². The van der Waals surface area contributed by atoms with Gasteiger partial charge in [-0.3, -0.25) is 14.5 Å². The number of rotatable bonds is 5. The van der Waals surface area contributed by atoms with Crippen LogP contribution in [0.4, 0.5) is 0 Å². The smallest absolute Gasteiger partial charge is 0.245 e. The molecule has 5 heteroatoms. The molecule has 2 atom stereocenters. The second-order valence-corrected chi connectivity index (χ2v) is 7.46. The van der Waals surface area contributed by atoms with Crippen LogP contribution in [-0.2, 0) is 16.1 Å². The van der Waals surface area contributed by atoms with Gasteiger partial charge in [0.15, 0.2) is 0 Å². The van der Waals surface area contributed by atoms with E-state index in [1.807, 2.05) is 17.9 Å². The third-order valence-electron chi connectivity index (χ3n) is 5.45. The summed E-state index contributed by atoms with van der Waals surface area (Å²) in [6.45, 7) is 7.27. The predicted molar refractivity (Wildman–Crippen MR) is 97.8 cm³/mol. The third kappa shape index (κ3) is 4.40. The maximum absolute atomic E-state index is 12.7. The summed E-state index contributed by atoms with van der Waals surface area (Å²) in [5.41, 5.74) is 1.30. The van der Waals surface area contributed by atoms with Crippen molar-refractivity contribution >= 4 is 11.8 Å². The lowest BCUT2D eigenvalue weighted by Crippen LogP contribution is -2.58. The van der Waals surface area contributed by atoms with E-state index >= 15 is 0 Å². The van der Waals surface area contributed by atoms with Crippen LogP contribution in [0.1, 0.15) is 38.7 Å². The van der Waals surface area contributed by atoms with E-state index in [2.05, 4.69) is 41.4 Å². The summed E-state index contributed by atoms with van der Waals surface area (Å²) >= 11 is 0. The number of carbonyl (C=O) groups is 2. The van der Waals surface area contributed by atoms with Crippen LogP contribution in [0.15, 0.2) is 30.3 Å². The summed E-state index contributed by atoms with van der Waals surface area (Å²) in [4.78, 5) is 29.1. The van der Waals surface area contributed by atoms with Gasteiger partial charge in [0.05, 0.1) is 0 Å². The van der Waals surface area contributed by atoms with Crippen molar-refractivity contribution in [2.24, 2.45) is 5.92 Å². The lowest BCUT2D eigenvalue weighted by atomic mass is 9.84. The highest BCUT2D eigenvalue weighted by atomic mass is 16.2. The average Bonchev–Trinajstić information content (AvgIpc) is 2.53. The van der Waals surface area contributed by atoms with Gasteiger partial charge in [-0.25, -0.2) is 0 Å². The number of nitrogens with one attached hydrogen (secondary N) is 1. The molecule has 0 spiro atoms. The second-order valence-electron chi connectivity index (χ2n) is 7.46. The van der Waals surface area contributed by atoms with Gasteiger partial charge in [-0.15, -0.1) is 0 Å². The van der Waals surface area contributed by atoms with E-state index < -0.39 is 6.04 Å². The molecule has 1 aliphatic carbocycles. The van der Waals surface area contributed by atoms with Crippen LogP contribution in [0.3, 0.4) is 0 Å². The molecule has 1 saturated heterocycles. The van der Waals surface area contributed by atoms with Crippen molar-refractivity contribution in [2.45, 2.75) is 51.7 Å². The fourth-order valence-corrected chi connectivity index (χ4v) is 3.66. The molecule has 0 aromatic heterocycles. The first-order valence-electron chi connectivity index (χ1n) is 9.41. The molecule has 5 nitrogen and oxygen atoms in total. The van der Waals surface area contributed by atoms with Gasteiger partial charge in [-0.2, -0.15) is 0 Å². The molecule has 2 amide bonds. The van der Waals surface area contributed by atoms with Gasteiger partial charge in [0.1, 0.15) is 6.04 Å². The highest BCUT2D eigenvalue weighted by Gasteiger charge is 2.32. The maximum atomic E-state index is 12.7. The van der Waals surface area contributed by atoms with Crippen LogP contribution < -0.4 is 5.32 Å². The summed E-state index contributed by atoms with van der Waals surface area (Å²) in [5, 5.41) is 2.91. The zero-order valence-corrected chi connectivity index (χ0v) is 15.3. The average molecular weight is 343 g/mol. The summed E-state index contributed by atoms with van der Waals surface area (Å²) in [6.07, 6.45) is 3.05. The number of piperazine rings is 1. The Balaban J connectivity index is 1.50. The van der Waals surface area contributed by atoms with Crippen LogP contribution in [0.2, 0.25) is 0 Å². The Kier molecular flexibility index (Phi) is 5.74. The van der Waals surface area contributed by atoms with E-state index in [-0.39, 0.29) is 23.8 Å². The first-order chi connectivity index (χ1) is 12.0. The molecule has 2 aliphatic rings. The van der Waals surface area contributed by atoms with E-state index in [0.717, 1.165) is 45.4 Å². The van der Waals surface area contributed by atoms with Crippen molar-refractivity contribution in [1.82, 2.24) is 15.1 Å². The minimum absolute atomic E-state index is 0.0412. The van der Waals surface area contributed by atoms with Gasteiger partial charge < -0.3 is 10.2 Å². The molecule has 0 unspecified atom stereocenters. The van der Waals surface area contributed by atoms with Crippen LogP contribution in [0, 0.1) is 5.92 Å². The van der Waals surface area contributed by atoms with Crippen molar-refractivity contribution in [3.8, 4) is 0 Å². The third-order valence-corrected chi connectivity index (χ3v) is 5.45. The molecule has 1 heterocycles. The van der Waals surface area contributed by atoms with Crippen molar-refractivity contribution < 1.29 is 9.59 Å². The van der Waals surface area contributed by atoms with Gasteiger partial charge in [-0.1, -0.05) is 36.8 Å². The van der Waals surface area contributed by atoms with E-state index in [0.29, 0.717) is 0 Å². The van der Waals surface area contributed by atoms with E-state index in [9.17, 15) is 9.59 Å². The Morgan fingerprint density at radius 1 is 1.20 bits per heavy atom. The molecule has 2 fully saturated rings. The molecule has 1 aromatic carbocycles. The van der Waals surface area contributed by atoms with Gasteiger partial charge in [0, 0.05) is 38.1 Å². The number of carbonyl (C=O) groups excluding carboxylic acids is 2. The Bertz CT molecular complexity index is 600. The fourth-order valence-electron chi connectivity index (χ4n) is 3.66. The molecule has 1 aromatic rings. The van der Waals surface area contributed by atoms with Crippen LogP contribution in [0.25, 0.3) is 0 Å². The molecular weight excluding hydrogens is 314 g/mol. The van der Waals surface area contributed by atoms with E-state index in [1.54, 1.807) is 0 Å². The Labute approximate surface area is 150 Å². The van der Waals surface area contributed by atoms with Crippen molar-refractivity contribution in [3.63, 3.8) is 0 Å². The highest BCUT2D eigenvalue weighted by Crippen LogP contribution is 2.26. The summed E-state index contributed by atoms with van der Waals surface area (Å²) in [7, 11) is 0. The summed E-state index contributed by atoms with van der Waals surface area (Å²) < 4.78 is 0. The SMILES string of the molecule is C[C@H](NC(=O)C1CCC1)C(=O)N1CCN(Cc2ccccc2)C[C@H]1C. The molecular formula is C20H29N3O2. The van der Waals surface area contributed by atoms with Gasteiger partial charge in [0.25, 0.3) is 0 Å². The number of hydrogen-bond donors (Lipinski definition) is 1. The lowest BCUT2D eigenvalue weighted by molar-refractivity contribution is -0.141. The standard InChI is InChI=1S/C20H29N3O2/c1-15-13-22(14-17-7-4-3-5-8-17)11-12-23(15)20(25)16(2)21-19(24)18-9-6-10-18/h3-5,7-8,15-16,18H,6,9-14H2,1-2H3,(H,21,24)/t15-,16+/m1/s1. The number of amides is 2. The predicted octanol–water partition coefficient (Wildman–Crippen LogP) is 2.02. The zero-order chi connectivity index (χ0) is 17.8. The number of nitrogens with zero attached hydrogens (tertiary/aromatic N) is 2. The Morgan fingerprint density at radius 3 is 2.52 bits per heavy atom. The topological polar surface area (TPSA) is 52.7 Å².